The fraction of sp³-hybridized carbons (Fsp3) is 0.462. The van der Waals surface area contributed by atoms with Crippen molar-refractivity contribution in [2.75, 3.05) is 5.75 Å². The highest BCUT2D eigenvalue weighted by Crippen LogP contribution is 2.32. The number of rotatable bonds is 2. The maximum absolute atomic E-state index is 12.6. The Labute approximate surface area is 108 Å². The van der Waals surface area contributed by atoms with E-state index < -0.39 is 11.7 Å². The standard InChI is InChI=1S/C13H13F3OS/c14-13(15,16)10-5-3-4-9(8-10)12(17)11-6-1-2-7-18-11/h3-5,8,11H,1-2,6-7H2. The molecule has 1 saturated heterocycles. The van der Waals surface area contributed by atoms with E-state index in [0.717, 1.165) is 37.1 Å². The van der Waals surface area contributed by atoms with E-state index in [1.165, 1.54) is 12.1 Å². The van der Waals surface area contributed by atoms with Gasteiger partial charge in [-0.25, -0.2) is 0 Å². The van der Waals surface area contributed by atoms with Crippen molar-refractivity contribution in [2.24, 2.45) is 0 Å². The van der Waals surface area contributed by atoms with Crippen molar-refractivity contribution in [2.45, 2.75) is 30.7 Å². The zero-order valence-corrected chi connectivity index (χ0v) is 10.5. The average Bonchev–Trinajstić information content (AvgIpc) is 2.38. The van der Waals surface area contributed by atoms with Gasteiger partial charge in [0.2, 0.25) is 0 Å². The van der Waals surface area contributed by atoms with Gasteiger partial charge in [-0.2, -0.15) is 24.9 Å². The number of carbonyl (C=O) groups is 1. The first-order valence-electron chi connectivity index (χ1n) is 5.81. The monoisotopic (exact) mass is 274 g/mol. The van der Waals surface area contributed by atoms with Crippen LogP contribution in [0.2, 0.25) is 0 Å². The summed E-state index contributed by atoms with van der Waals surface area (Å²) < 4.78 is 37.7. The number of halogens is 3. The molecule has 1 nitrogen and oxygen atoms in total. The lowest BCUT2D eigenvalue weighted by Crippen LogP contribution is -2.21. The summed E-state index contributed by atoms with van der Waals surface area (Å²) in [4.78, 5) is 12.1. The van der Waals surface area contributed by atoms with Gasteiger partial charge < -0.3 is 0 Å². The molecule has 5 heteroatoms. The number of carbonyl (C=O) groups excluding carboxylic acids is 1. The first-order chi connectivity index (χ1) is 8.48. The van der Waals surface area contributed by atoms with Crippen LogP contribution in [0.5, 0.6) is 0 Å². The summed E-state index contributed by atoms with van der Waals surface area (Å²) in [5.41, 5.74) is -0.585. The molecule has 0 N–H and O–H groups in total. The molecular weight excluding hydrogens is 261 g/mol. The molecule has 1 unspecified atom stereocenters. The van der Waals surface area contributed by atoms with Crippen molar-refractivity contribution >= 4 is 17.5 Å². The molecule has 0 radical (unpaired) electrons. The van der Waals surface area contributed by atoms with Crippen molar-refractivity contribution in [1.82, 2.24) is 0 Å². The summed E-state index contributed by atoms with van der Waals surface area (Å²) in [7, 11) is 0. The van der Waals surface area contributed by atoms with Crippen LogP contribution in [0.4, 0.5) is 13.2 Å². The lowest BCUT2D eigenvalue weighted by molar-refractivity contribution is -0.137. The van der Waals surface area contributed by atoms with Gasteiger partial charge in [-0.15, -0.1) is 0 Å². The van der Waals surface area contributed by atoms with Gasteiger partial charge in [-0.05, 0) is 30.7 Å². The van der Waals surface area contributed by atoms with E-state index in [9.17, 15) is 18.0 Å². The summed E-state index contributed by atoms with van der Waals surface area (Å²) in [5, 5.41) is -0.178. The van der Waals surface area contributed by atoms with E-state index in [0.29, 0.717) is 0 Å². The zero-order valence-electron chi connectivity index (χ0n) is 9.67. The maximum atomic E-state index is 12.6. The Morgan fingerprint density at radius 3 is 2.67 bits per heavy atom. The third kappa shape index (κ3) is 3.07. The first-order valence-corrected chi connectivity index (χ1v) is 6.86. The fourth-order valence-electron chi connectivity index (χ4n) is 1.98. The van der Waals surface area contributed by atoms with Crippen LogP contribution in [-0.2, 0) is 6.18 Å². The van der Waals surface area contributed by atoms with Crippen molar-refractivity contribution in [1.29, 1.82) is 0 Å². The third-order valence-corrected chi connectivity index (χ3v) is 4.32. The predicted octanol–water partition coefficient (Wildman–Crippen LogP) is 4.17. The van der Waals surface area contributed by atoms with Crippen LogP contribution in [0.1, 0.15) is 35.2 Å². The predicted molar refractivity (Wildman–Crippen MR) is 65.9 cm³/mol. The maximum Gasteiger partial charge on any atom is 0.416 e. The van der Waals surface area contributed by atoms with Crippen molar-refractivity contribution in [3.8, 4) is 0 Å². The zero-order chi connectivity index (χ0) is 13.2. The quantitative estimate of drug-likeness (QED) is 0.753. The first kappa shape index (κ1) is 13.5. The van der Waals surface area contributed by atoms with Crippen LogP contribution >= 0.6 is 11.8 Å². The molecule has 0 amide bonds. The van der Waals surface area contributed by atoms with Gasteiger partial charge >= 0.3 is 6.18 Å². The van der Waals surface area contributed by atoms with Gasteiger partial charge in [0, 0.05) is 5.56 Å². The molecule has 2 rings (SSSR count). The Hall–Kier alpha value is -0.970. The van der Waals surface area contributed by atoms with Crippen molar-refractivity contribution in [3.05, 3.63) is 35.4 Å². The Morgan fingerprint density at radius 1 is 1.28 bits per heavy atom. The van der Waals surface area contributed by atoms with Crippen LogP contribution in [0.15, 0.2) is 24.3 Å². The number of Topliss-reactive ketones (excluding diaryl/α,β-unsaturated/α-hetero) is 1. The SMILES string of the molecule is O=C(c1cccc(C(F)(F)F)c1)C1CCCCS1. The van der Waals surface area contributed by atoms with E-state index >= 15 is 0 Å². The molecule has 1 aromatic carbocycles. The minimum atomic E-state index is -4.39. The molecule has 0 saturated carbocycles. The molecule has 18 heavy (non-hydrogen) atoms. The number of thioether (sulfide) groups is 1. The smallest absolute Gasteiger partial charge is 0.293 e. The van der Waals surface area contributed by atoms with Crippen molar-refractivity contribution < 1.29 is 18.0 Å². The summed E-state index contributed by atoms with van der Waals surface area (Å²) in [5.74, 6) is 0.737. The van der Waals surface area contributed by atoms with Crippen LogP contribution in [0, 0.1) is 0 Å². The molecule has 0 aromatic heterocycles. The van der Waals surface area contributed by atoms with Crippen LogP contribution in [0.25, 0.3) is 0 Å². The largest absolute Gasteiger partial charge is 0.416 e. The fourth-order valence-corrected chi connectivity index (χ4v) is 3.26. The summed E-state index contributed by atoms with van der Waals surface area (Å²) in [6, 6.07) is 4.71. The molecule has 0 aliphatic carbocycles. The molecule has 0 bridgehead atoms. The summed E-state index contributed by atoms with van der Waals surface area (Å²) >= 11 is 1.55. The highest BCUT2D eigenvalue weighted by molar-refractivity contribution is 8.00. The van der Waals surface area contributed by atoms with Gasteiger partial charge in [-0.1, -0.05) is 18.6 Å². The molecule has 98 valence electrons. The number of ketones is 1. The Bertz CT molecular complexity index is 436. The molecule has 1 aliphatic rings. The highest BCUT2D eigenvalue weighted by atomic mass is 32.2. The Morgan fingerprint density at radius 2 is 2.06 bits per heavy atom. The molecule has 1 aliphatic heterocycles. The summed E-state index contributed by atoms with van der Waals surface area (Å²) in [6.07, 6.45) is -1.57. The Kier molecular flexibility index (Phi) is 4.00. The Balaban J connectivity index is 2.20. The molecule has 1 fully saturated rings. The van der Waals surface area contributed by atoms with Gasteiger partial charge in [-0.3, -0.25) is 4.79 Å². The normalized spacial score (nSPS) is 20.7. The van der Waals surface area contributed by atoms with E-state index in [1.54, 1.807) is 11.8 Å². The third-order valence-electron chi connectivity index (χ3n) is 2.95. The molecular formula is C13H13F3OS. The van der Waals surface area contributed by atoms with Crippen LogP contribution in [-0.4, -0.2) is 16.8 Å². The second-order valence-electron chi connectivity index (χ2n) is 4.30. The summed E-state index contributed by atoms with van der Waals surface area (Å²) in [6.45, 7) is 0. The lowest BCUT2D eigenvalue weighted by Gasteiger charge is -2.20. The van der Waals surface area contributed by atoms with Crippen LogP contribution in [0.3, 0.4) is 0 Å². The second kappa shape index (κ2) is 5.34. The number of hydrogen-bond acceptors (Lipinski definition) is 2. The highest BCUT2D eigenvalue weighted by Gasteiger charge is 2.31. The molecule has 1 heterocycles. The van der Waals surface area contributed by atoms with Gasteiger partial charge in [0.1, 0.15) is 0 Å². The van der Waals surface area contributed by atoms with E-state index in [-0.39, 0.29) is 16.6 Å². The average molecular weight is 274 g/mol. The van der Waals surface area contributed by atoms with Gasteiger partial charge in [0.25, 0.3) is 0 Å². The van der Waals surface area contributed by atoms with E-state index in [2.05, 4.69) is 0 Å². The molecule has 1 aromatic rings. The van der Waals surface area contributed by atoms with Crippen molar-refractivity contribution in [3.63, 3.8) is 0 Å². The minimum absolute atomic E-state index is 0.171. The topological polar surface area (TPSA) is 17.1 Å². The van der Waals surface area contributed by atoms with Gasteiger partial charge in [0.15, 0.2) is 5.78 Å². The molecule has 0 spiro atoms. The van der Waals surface area contributed by atoms with E-state index in [4.69, 9.17) is 0 Å². The minimum Gasteiger partial charge on any atom is -0.293 e. The number of benzene rings is 1. The van der Waals surface area contributed by atoms with Crippen LogP contribution < -0.4 is 0 Å². The second-order valence-corrected chi connectivity index (χ2v) is 5.61. The molecule has 1 atom stereocenters. The number of hydrogen-bond donors (Lipinski definition) is 0. The van der Waals surface area contributed by atoms with Gasteiger partial charge in [0.05, 0.1) is 10.8 Å². The van der Waals surface area contributed by atoms with E-state index in [1.807, 2.05) is 0 Å². The lowest BCUT2D eigenvalue weighted by atomic mass is 10.0. The number of alkyl halides is 3.